The number of carbonyl (C=O) groups is 1. The van der Waals surface area contributed by atoms with Gasteiger partial charge in [0.05, 0.1) is 6.07 Å². The van der Waals surface area contributed by atoms with Gasteiger partial charge < -0.3 is 9.73 Å². The number of nitrogens with one attached hydrogen (secondary N) is 1. The predicted molar refractivity (Wildman–Crippen MR) is 46.1 cm³/mol. The van der Waals surface area contributed by atoms with Gasteiger partial charge in [-0.25, -0.2) is 0 Å². The minimum absolute atomic E-state index is 0.00235. The molecule has 0 aliphatic rings. The Balaban J connectivity index is 2.73. The van der Waals surface area contributed by atoms with Gasteiger partial charge in [0.25, 0.3) is 5.91 Å². The van der Waals surface area contributed by atoms with Crippen molar-refractivity contribution in [3.05, 3.63) is 23.2 Å². The van der Waals surface area contributed by atoms with E-state index in [0.717, 1.165) is 11.3 Å². The Kier molecular flexibility index (Phi) is 2.70. The lowest BCUT2D eigenvalue weighted by atomic mass is 10.3. The number of hydrogen-bond acceptors (Lipinski definition) is 3. The van der Waals surface area contributed by atoms with Gasteiger partial charge >= 0.3 is 0 Å². The first-order valence-corrected chi connectivity index (χ1v) is 3.87. The van der Waals surface area contributed by atoms with Crippen molar-refractivity contribution in [2.24, 2.45) is 0 Å². The van der Waals surface area contributed by atoms with Crippen molar-refractivity contribution in [2.75, 3.05) is 6.54 Å². The van der Waals surface area contributed by atoms with Crippen molar-refractivity contribution in [3.63, 3.8) is 0 Å². The molecular formula is C9H10N2O2. The first-order chi connectivity index (χ1) is 6.15. The lowest BCUT2D eigenvalue weighted by Crippen LogP contribution is -2.22. The number of aryl methyl sites for hydroxylation is 2. The third-order valence-electron chi connectivity index (χ3n) is 1.72. The molecule has 0 aliphatic carbocycles. The fraction of sp³-hybridized carbons (Fsp3) is 0.333. The van der Waals surface area contributed by atoms with Gasteiger partial charge in [0.2, 0.25) is 0 Å². The highest BCUT2D eigenvalue weighted by Gasteiger charge is 2.10. The van der Waals surface area contributed by atoms with E-state index in [1.54, 1.807) is 13.0 Å². The summed E-state index contributed by atoms with van der Waals surface area (Å²) in [6, 6.07) is 3.47. The maximum Gasteiger partial charge on any atom is 0.287 e. The van der Waals surface area contributed by atoms with E-state index in [4.69, 9.17) is 9.68 Å². The first kappa shape index (κ1) is 9.33. The number of carbonyl (C=O) groups excluding carboxylic acids is 1. The molecule has 0 aliphatic heterocycles. The molecule has 0 unspecified atom stereocenters. The molecule has 13 heavy (non-hydrogen) atoms. The summed E-state index contributed by atoms with van der Waals surface area (Å²) in [6.45, 7) is 3.65. The molecule has 0 aromatic carbocycles. The number of amides is 1. The van der Waals surface area contributed by atoms with E-state index in [9.17, 15) is 4.79 Å². The summed E-state index contributed by atoms with van der Waals surface area (Å²) in [5, 5.41) is 10.6. The second-order valence-electron chi connectivity index (χ2n) is 2.69. The van der Waals surface area contributed by atoms with Gasteiger partial charge in [-0.3, -0.25) is 4.79 Å². The molecule has 1 aromatic heterocycles. The molecule has 1 aromatic rings. The van der Waals surface area contributed by atoms with Crippen molar-refractivity contribution < 1.29 is 9.21 Å². The van der Waals surface area contributed by atoms with Crippen molar-refractivity contribution in [2.45, 2.75) is 13.8 Å². The van der Waals surface area contributed by atoms with Gasteiger partial charge in [0.1, 0.15) is 12.3 Å². The summed E-state index contributed by atoms with van der Waals surface area (Å²) in [7, 11) is 0. The fourth-order valence-electron chi connectivity index (χ4n) is 0.892. The highest BCUT2D eigenvalue weighted by Crippen LogP contribution is 2.12. The van der Waals surface area contributed by atoms with E-state index in [0.29, 0.717) is 0 Å². The summed E-state index contributed by atoms with van der Waals surface area (Å²) in [6.07, 6.45) is 0. The van der Waals surface area contributed by atoms with Crippen LogP contribution in [-0.2, 0) is 0 Å². The Bertz CT molecular complexity index is 341. The topological polar surface area (TPSA) is 66.0 Å². The van der Waals surface area contributed by atoms with E-state index in [-0.39, 0.29) is 18.2 Å². The summed E-state index contributed by atoms with van der Waals surface area (Å²) in [5.74, 6) is 0.630. The van der Waals surface area contributed by atoms with Crippen LogP contribution in [0.2, 0.25) is 0 Å². The Morgan fingerprint density at radius 2 is 2.38 bits per heavy atom. The Morgan fingerprint density at radius 3 is 2.85 bits per heavy atom. The molecule has 0 spiro atoms. The van der Waals surface area contributed by atoms with E-state index >= 15 is 0 Å². The average Bonchev–Trinajstić information content (AvgIpc) is 2.43. The minimum atomic E-state index is -0.349. The molecule has 1 rings (SSSR count). The summed E-state index contributed by atoms with van der Waals surface area (Å²) in [5.41, 5.74) is 0.933. The number of nitriles is 1. The van der Waals surface area contributed by atoms with Gasteiger partial charge in [-0.1, -0.05) is 0 Å². The molecule has 4 nitrogen and oxygen atoms in total. The largest absolute Gasteiger partial charge is 0.456 e. The van der Waals surface area contributed by atoms with Crippen LogP contribution in [0.1, 0.15) is 21.9 Å². The molecular weight excluding hydrogens is 168 g/mol. The monoisotopic (exact) mass is 178 g/mol. The molecule has 1 N–H and O–H groups in total. The third-order valence-corrected chi connectivity index (χ3v) is 1.72. The summed E-state index contributed by atoms with van der Waals surface area (Å²) < 4.78 is 5.15. The number of rotatable bonds is 2. The fourth-order valence-corrected chi connectivity index (χ4v) is 0.892. The number of nitrogens with zero attached hydrogens (tertiary/aromatic N) is 1. The van der Waals surface area contributed by atoms with Gasteiger partial charge in [-0.05, 0) is 25.5 Å². The van der Waals surface area contributed by atoms with Crippen LogP contribution in [0.3, 0.4) is 0 Å². The molecule has 0 saturated carbocycles. The van der Waals surface area contributed by atoms with Crippen LogP contribution >= 0.6 is 0 Å². The SMILES string of the molecule is Cc1cc(C(=O)NCC#N)oc1C. The van der Waals surface area contributed by atoms with Crippen LogP contribution in [0.25, 0.3) is 0 Å². The van der Waals surface area contributed by atoms with Crippen LogP contribution in [0.15, 0.2) is 10.5 Å². The minimum Gasteiger partial charge on any atom is -0.456 e. The molecule has 4 heteroatoms. The summed E-state index contributed by atoms with van der Waals surface area (Å²) in [4.78, 5) is 11.2. The van der Waals surface area contributed by atoms with Crippen molar-refractivity contribution in [1.82, 2.24) is 5.32 Å². The number of furan rings is 1. The van der Waals surface area contributed by atoms with Gasteiger partial charge in [0, 0.05) is 0 Å². The van der Waals surface area contributed by atoms with E-state index in [1.165, 1.54) is 0 Å². The summed E-state index contributed by atoms with van der Waals surface area (Å²) >= 11 is 0. The highest BCUT2D eigenvalue weighted by atomic mass is 16.3. The predicted octanol–water partition coefficient (Wildman–Crippen LogP) is 1.15. The molecule has 0 bridgehead atoms. The van der Waals surface area contributed by atoms with Crippen LogP contribution < -0.4 is 5.32 Å². The quantitative estimate of drug-likeness (QED) is 0.691. The second-order valence-corrected chi connectivity index (χ2v) is 2.69. The zero-order chi connectivity index (χ0) is 9.84. The normalized spacial score (nSPS) is 9.31. The Morgan fingerprint density at radius 1 is 1.69 bits per heavy atom. The molecule has 0 radical (unpaired) electrons. The van der Waals surface area contributed by atoms with Crippen LogP contribution in [-0.4, -0.2) is 12.5 Å². The lowest BCUT2D eigenvalue weighted by molar-refractivity contribution is 0.0929. The van der Waals surface area contributed by atoms with Crippen LogP contribution in [0.4, 0.5) is 0 Å². The highest BCUT2D eigenvalue weighted by molar-refractivity contribution is 5.91. The molecule has 0 atom stereocenters. The third kappa shape index (κ3) is 2.09. The molecule has 0 fully saturated rings. The van der Waals surface area contributed by atoms with Crippen molar-refractivity contribution in [3.8, 4) is 6.07 Å². The van der Waals surface area contributed by atoms with Gasteiger partial charge in [0.15, 0.2) is 5.76 Å². The van der Waals surface area contributed by atoms with Crippen LogP contribution in [0.5, 0.6) is 0 Å². The zero-order valence-corrected chi connectivity index (χ0v) is 7.55. The van der Waals surface area contributed by atoms with E-state index < -0.39 is 0 Å². The molecule has 0 saturated heterocycles. The Hall–Kier alpha value is -1.76. The van der Waals surface area contributed by atoms with Crippen molar-refractivity contribution >= 4 is 5.91 Å². The molecule has 1 amide bonds. The number of hydrogen-bond donors (Lipinski definition) is 1. The molecule has 68 valence electrons. The average molecular weight is 178 g/mol. The van der Waals surface area contributed by atoms with Crippen molar-refractivity contribution in [1.29, 1.82) is 5.26 Å². The lowest BCUT2D eigenvalue weighted by Gasteiger charge is -1.94. The Labute approximate surface area is 76.2 Å². The molecule has 1 heterocycles. The van der Waals surface area contributed by atoms with Gasteiger partial charge in [-0.15, -0.1) is 0 Å². The maximum absolute atomic E-state index is 11.2. The van der Waals surface area contributed by atoms with Crippen LogP contribution in [0, 0.1) is 25.2 Å². The van der Waals surface area contributed by atoms with Gasteiger partial charge in [-0.2, -0.15) is 5.26 Å². The van der Waals surface area contributed by atoms with E-state index in [2.05, 4.69) is 5.32 Å². The smallest absolute Gasteiger partial charge is 0.287 e. The zero-order valence-electron chi connectivity index (χ0n) is 7.55. The second kappa shape index (κ2) is 3.76. The van der Waals surface area contributed by atoms with E-state index in [1.807, 2.05) is 13.0 Å². The standard InChI is InChI=1S/C9H10N2O2/c1-6-5-8(13-7(6)2)9(12)11-4-3-10/h5H,4H2,1-2H3,(H,11,12). The maximum atomic E-state index is 11.2. The first-order valence-electron chi connectivity index (χ1n) is 3.87.